The van der Waals surface area contributed by atoms with E-state index in [0.717, 1.165) is 5.69 Å². The SMILES string of the molecule is CNc1cccc(C(=O)N(C)Cc2cscn2)c1[N+](=O)[O-]. The van der Waals surface area contributed by atoms with E-state index in [1.807, 2.05) is 5.38 Å². The van der Waals surface area contributed by atoms with Gasteiger partial charge < -0.3 is 10.2 Å². The fourth-order valence-electron chi connectivity index (χ4n) is 1.95. The van der Waals surface area contributed by atoms with Crippen molar-refractivity contribution in [2.75, 3.05) is 19.4 Å². The first-order valence-electron chi connectivity index (χ1n) is 6.12. The summed E-state index contributed by atoms with van der Waals surface area (Å²) < 4.78 is 0. The van der Waals surface area contributed by atoms with Crippen LogP contribution >= 0.6 is 11.3 Å². The van der Waals surface area contributed by atoms with Crippen LogP contribution in [0.25, 0.3) is 0 Å². The van der Waals surface area contributed by atoms with Crippen LogP contribution in [-0.4, -0.2) is 34.8 Å². The number of nitro benzene ring substituents is 1. The number of thiazole rings is 1. The van der Waals surface area contributed by atoms with Gasteiger partial charge in [-0.2, -0.15) is 0 Å². The minimum atomic E-state index is -0.546. The first-order valence-corrected chi connectivity index (χ1v) is 7.06. The molecule has 2 aromatic rings. The van der Waals surface area contributed by atoms with Gasteiger partial charge in [-0.25, -0.2) is 4.98 Å². The van der Waals surface area contributed by atoms with Crippen LogP contribution in [0.15, 0.2) is 29.1 Å². The van der Waals surface area contributed by atoms with Crippen molar-refractivity contribution < 1.29 is 9.72 Å². The second kappa shape index (κ2) is 6.31. The number of hydrogen-bond acceptors (Lipinski definition) is 6. The van der Waals surface area contributed by atoms with E-state index >= 15 is 0 Å². The number of rotatable bonds is 5. The standard InChI is InChI=1S/C13H14N4O3S/c1-14-11-5-3-4-10(12(11)17(19)20)13(18)16(2)6-9-7-21-8-15-9/h3-5,7-8,14H,6H2,1-2H3. The number of nitrogens with one attached hydrogen (secondary N) is 1. The largest absolute Gasteiger partial charge is 0.383 e. The summed E-state index contributed by atoms with van der Waals surface area (Å²) in [7, 11) is 3.17. The molecule has 7 nitrogen and oxygen atoms in total. The number of amides is 1. The summed E-state index contributed by atoms with van der Waals surface area (Å²) in [5, 5.41) is 15.8. The molecule has 0 atom stereocenters. The lowest BCUT2D eigenvalue weighted by atomic mass is 10.1. The molecule has 8 heteroatoms. The lowest BCUT2D eigenvalue weighted by Gasteiger charge is -2.16. The smallest absolute Gasteiger partial charge is 0.305 e. The van der Waals surface area contributed by atoms with Crippen molar-refractivity contribution in [3.05, 3.63) is 50.5 Å². The highest BCUT2D eigenvalue weighted by atomic mass is 32.1. The predicted octanol–water partition coefficient (Wildman–Crippen LogP) is 2.37. The summed E-state index contributed by atoms with van der Waals surface area (Å²) in [6, 6.07) is 4.64. The highest BCUT2D eigenvalue weighted by molar-refractivity contribution is 7.07. The van der Waals surface area contributed by atoms with E-state index in [9.17, 15) is 14.9 Å². The minimum absolute atomic E-state index is 0.0598. The Labute approximate surface area is 125 Å². The van der Waals surface area contributed by atoms with Gasteiger partial charge in [0.15, 0.2) is 0 Å². The fraction of sp³-hybridized carbons (Fsp3) is 0.231. The summed E-state index contributed by atoms with van der Waals surface area (Å²) in [5.41, 5.74) is 2.59. The Balaban J connectivity index is 2.32. The highest BCUT2D eigenvalue weighted by Crippen LogP contribution is 2.29. The quantitative estimate of drug-likeness (QED) is 0.676. The van der Waals surface area contributed by atoms with Gasteiger partial charge in [-0.05, 0) is 12.1 Å². The molecule has 0 saturated carbocycles. The van der Waals surface area contributed by atoms with Crippen LogP contribution in [-0.2, 0) is 6.54 Å². The first kappa shape index (κ1) is 14.9. The molecular formula is C13H14N4O3S. The number of carbonyl (C=O) groups excluding carboxylic acids is 1. The Morgan fingerprint density at radius 2 is 2.29 bits per heavy atom. The molecule has 0 aliphatic carbocycles. The second-order valence-electron chi connectivity index (χ2n) is 4.35. The molecule has 1 amide bonds. The molecule has 0 aliphatic heterocycles. The maximum absolute atomic E-state index is 12.4. The van der Waals surface area contributed by atoms with Crippen LogP contribution in [0, 0.1) is 10.1 Å². The Morgan fingerprint density at radius 1 is 1.52 bits per heavy atom. The topological polar surface area (TPSA) is 88.4 Å². The average molecular weight is 306 g/mol. The van der Waals surface area contributed by atoms with Crippen LogP contribution in [0.3, 0.4) is 0 Å². The van der Waals surface area contributed by atoms with E-state index in [-0.39, 0.29) is 11.3 Å². The van der Waals surface area contributed by atoms with Gasteiger partial charge >= 0.3 is 5.69 Å². The van der Waals surface area contributed by atoms with E-state index < -0.39 is 10.8 Å². The summed E-state index contributed by atoms with van der Waals surface area (Å²) in [4.78, 5) is 28.6. The Morgan fingerprint density at radius 3 is 2.86 bits per heavy atom. The van der Waals surface area contributed by atoms with Gasteiger partial charge in [0, 0.05) is 19.5 Å². The van der Waals surface area contributed by atoms with Crippen molar-refractivity contribution in [2.45, 2.75) is 6.54 Å². The average Bonchev–Trinajstić information content (AvgIpc) is 2.98. The normalized spacial score (nSPS) is 10.2. The van der Waals surface area contributed by atoms with Crippen molar-refractivity contribution in [3.63, 3.8) is 0 Å². The molecule has 110 valence electrons. The third-order valence-corrected chi connectivity index (χ3v) is 3.58. The first-order chi connectivity index (χ1) is 10.0. The predicted molar refractivity (Wildman–Crippen MR) is 80.6 cm³/mol. The molecule has 0 spiro atoms. The highest BCUT2D eigenvalue weighted by Gasteiger charge is 2.26. The Bertz CT molecular complexity index is 657. The van der Waals surface area contributed by atoms with Crippen molar-refractivity contribution in [1.29, 1.82) is 0 Å². The third-order valence-electron chi connectivity index (χ3n) is 2.95. The fourth-order valence-corrected chi connectivity index (χ4v) is 2.50. The number of nitrogens with zero attached hydrogens (tertiary/aromatic N) is 3. The van der Waals surface area contributed by atoms with E-state index in [2.05, 4.69) is 10.3 Å². The number of hydrogen-bond donors (Lipinski definition) is 1. The van der Waals surface area contributed by atoms with Gasteiger partial charge in [-0.1, -0.05) is 6.07 Å². The van der Waals surface area contributed by atoms with Gasteiger partial charge in [0.25, 0.3) is 5.91 Å². The molecule has 21 heavy (non-hydrogen) atoms. The molecule has 0 fully saturated rings. The zero-order chi connectivity index (χ0) is 15.4. The number of benzene rings is 1. The van der Waals surface area contributed by atoms with Crippen LogP contribution in [0.4, 0.5) is 11.4 Å². The van der Waals surface area contributed by atoms with Gasteiger partial charge in [0.05, 0.1) is 22.7 Å². The lowest BCUT2D eigenvalue weighted by molar-refractivity contribution is -0.384. The van der Waals surface area contributed by atoms with Gasteiger partial charge in [0.1, 0.15) is 11.3 Å². The van der Waals surface area contributed by atoms with Crippen LogP contribution in [0.2, 0.25) is 0 Å². The zero-order valence-corrected chi connectivity index (χ0v) is 12.4. The maximum Gasteiger partial charge on any atom is 0.305 e. The third kappa shape index (κ3) is 3.16. The van der Waals surface area contributed by atoms with Crippen molar-refractivity contribution in [3.8, 4) is 0 Å². The van der Waals surface area contributed by atoms with E-state index in [1.165, 1.54) is 22.3 Å². The number of aromatic nitrogens is 1. The van der Waals surface area contributed by atoms with Crippen molar-refractivity contribution >= 4 is 28.6 Å². The second-order valence-corrected chi connectivity index (χ2v) is 5.07. The summed E-state index contributed by atoms with van der Waals surface area (Å²) in [6.07, 6.45) is 0. The van der Waals surface area contributed by atoms with Crippen LogP contribution in [0.5, 0.6) is 0 Å². The zero-order valence-electron chi connectivity index (χ0n) is 11.6. The molecule has 1 aromatic heterocycles. The molecule has 0 aliphatic rings. The molecular weight excluding hydrogens is 292 g/mol. The molecule has 0 radical (unpaired) electrons. The van der Waals surface area contributed by atoms with Gasteiger partial charge in [-0.3, -0.25) is 14.9 Å². The number of para-hydroxylation sites is 1. The Hall–Kier alpha value is -2.48. The summed E-state index contributed by atoms with van der Waals surface area (Å²) in [6.45, 7) is 0.309. The molecule has 1 aromatic carbocycles. The molecule has 0 bridgehead atoms. The van der Waals surface area contributed by atoms with Crippen LogP contribution < -0.4 is 5.32 Å². The summed E-state index contributed by atoms with van der Waals surface area (Å²) in [5.74, 6) is -0.410. The molecule has 0 saturated heterocycles. The lowest BCUT2D eigenvalue weighted by Crippen LogP contribution is -2.27. The monoisotopic (exact) mass is 306 g/mol. The van der Waals surface area contributed by atoms with E-state index in [4.69, 9.17) is 0 Å². The van der Waals surface area contributed by atoms with E-state index in [1.54, 1.807) is 31.7 Å². The Kier molecular flexibility index (Phi) is 4.49. The molecule has 1 N–H and O–H groups in total. The maximum atomic E-state index is 12.4. The van der Waals surface area contributed by atoms with E-state index in [0.29, 0.717) is 12.2 Å². The number of nitro groups is 1. The molecule has 0 unspecified atom stereocenters. The van der Waals surface area contributed by atoms with Crippen LogP contribution in [0.1, 0.15) is 16.1 Å². The van der Waals surface area contributed by atoms with Gasteiger partial charge in [0.2, 0.25) is 0 Å². The van der Waals surface area contributed by atoms with Crippen molar-refractivity contribution in [1.82, 2.24) is 9.88 Å². The van der Waals surface area contributed by atoms with Crippen molar-refractivity contribution in [2.24, 2.45) is 0 Å². The minimum Gasteiger partial charge on any atom is -0.383 e. The number of anilines is 1. The van der Waals surface area contributed by atoms with Gasteiger partial charge in [-0.15, -0.1) is 11.3 Å². The molecule has 1 heterocycles. The number of carbonyl (C=O) groups is 1. The summed E-state index contributed by atoms with van der Waals surface area (Å²) >= 11 is 1.44. The molecule has 2 rings (SSSR count).